The molecule has 128 valence electrons. The van der Waals surface area contributed by atoms with Gasteiger partial charge in [0.15, 0.2) is 5.76 Å². The fourth-order valence-corrected chi connectivity index (χ4v) is 2.76. The quantitative estimate of drug-likeness (QED) is 0.799. The summed E-state index contributed by atoms with van der Waals surface area (Å²) in [4.78, 5) is 23.7. The number of hydrogen-bond donors (Lipinski definition) is 2. The van der Waals surface area contributed by atoms with Crippen molar-refractivity contribution in [3.05, 3.63) is 17.9 Å². The Labute approximate surface area is 127 Å². The molecule has 23 heavy (non-hydrogen) atoms. The third-order valence-corrected chi connectivity index (χ3v) is 4.20. The van der Waals surface area contributed by atoms with Crippen molar-refractivity contribution in [3.63, 3.8) is 0 Å². The van der Waals surface area contributed by atoms with E-state index in [1.807, 2.05) is 0 Å². The van der Waals surface area contributed by atoms with E-state index in [9.17, 15) is 31.2 Å². The van der Waals surface area contributed by atoms with E-state index < -0.39 is 63.9 Å². The molecule has 0 bridgehead atoms. The molecule has 8 nitrogen and oxygen atoms in total. The van der Waals surface area contributed by atoms with Crippen LogP contribution < -0.4 is 5.14 Å². The molecule has 0 spiro atoms. The van der Waals surface area contributed by atoms with E-state index in [2.05, 4.69) is 0 Å². The summed E-state index contributed by atoms with van der Waals surface area (Å²) in [5.41, 5.74) is 0. The molecule has 2 atom stereocenters. The number of hydrogen-bond acceptors (Lipinski definition) is 5. The predicted molar refractivity (Wildman–Crippen MR) is 66.7 cm³/mol. The summed E-state index contributed by atoms with van der Waals surface area (Å²) < 4.78 is 65.4. The molecular weight excluding hydrogens is 345 g/mol. The molecule has 2 heterocycles. The van der Waals surface area contributed by atoms with Gasteiger partial charge in [-0.05, 0) is 12.1 Å². The number of likely N-dealkylation sites (tertiary alicyclic amines) is 1. The molecule has 0 aliphatic carbocycles. The topological polar surface area (TPSA) is 131 Å². The minimum atomic E-state index is -4.78. The monoisotopic (exact) mass is 356 g/mol. The molecular formula is C11H11F3N2O6S. The van der Waals surface area contributed by atoms with Gasteiger partial charge in [0.1, 0.15) is 0 Å². The van der Waals surface area contributed by atoms with E-state index in [1.54, 1.807) is 0 Å². The Bertz CT molecular complexity index is 741. The zero-order valence-corrected chi connectivity index (χ0v) is 12.1. The van der Waals surface area contributed by atoms with Gasteiger partial charge in [0, 0.05) is 13.1 Å². The molecule has 0 saturated carbocycles. The van der Waals surface area contributed by atoms with E-state index in [4.69, 9.17) is 14.7 Å². The molecule has 12 heteroatoms. The molecule has 1 aliphatic rings. The Balaban J connectivity index is 2.24. The minimum absolute atomic E-state index is 0.541. The number of sulfonamides is 1. The van der Waals surface area contributed by atoms with Crippen LogP contribution in [0, 0.1) is 11.8 Å². The van der Waals surface area contributed by atoms with Crippen molar-refractivity contribution >= 4 is 21.9 Å². The average Bonchev–Trinajstić information content (AvgIpc) is 3.04. The van der Waals surface area contributed by atoms with Crippen LogP contribution in [0.15, 0.2) is 21.6 Å². The molecule has 2 rings (SSSR count). The first-order chi connectivity index (χ1) is 10.4. The number of primary sulfonamides is 1. The summed E-state index contributed by atoms with van der Waals surface area (Å²) in [6, 6.07) is 1.83. The van der Waals surface area contributed by atoms with Crippen molar-refractivity contribution in [2.45, 2.75) is 11.3 Å². The molecule has 1 fully saturated rings. The lowest BCUT2D eigenvalue weighted by Gasteiger charge is -2.17. The molecule has 1 aromatic heterocycles. The Morgan fingerprint density at radius 2 is 1.91 bits per heavy atom. The van der Waals surface area contributed by atoms with Crippen molar-refractivity contribution in [3.8, 4) is 0 Å². The van der Waals surface area contributed by atoms with Gasteiger partial charge in [0.25, 0.3) is 15.9 Å². The van der Waals surface area contributed by atoms with Gasteiger partial charge < -0.3 is 14.4 Å². The zero-order chi connectivity index (χ0) is 17.6. The highest BCUT2D eigenvalue weighted by molar-refractivity contribution is 7.89. The summed E-state index contributed by atoms with van der Waals surface area (Å²) in [5, 5.41) is 12.9. The molecule has 1 saturated heterocycles. The number of carboxylic acids is 1. The fraction of sp³-hybridized carbons (Fsp3) is 0.455. The number of amides is 1. The Kier molecular flexibility index (Phi) is 4.15. The fourth-order valence-electron chi connectivity index (χ4n) is 2.30. The maximum absolute atomic E-state index is 12.9. The van der Waals surface area contributed by atoms with Gasteiger partial charge in [-0.15, -0.1) is 0 Å². The Morgan fingerprint density at radius 3 is 2.30 bits per heavy atom. The van der Waals surface area contributed by atoms with Crippen LogP contribution >= 0.6 is 0 Å². The first-order valence-corrected chi connectivity index (χ1v) is 7.67. The van der Waals surface area contributed by atoms with Gasteiger partial charge in [-0.1, -0.05) is 0 Å². The maximum atomic E-state index is 12.9. The SMILES string of the molecule is NS(=O)(=O)c1ccc(C(=O)N2C[C@@H](C(F)(F)F)[C@H](C(=O)O)C2)o1. The van der Waals surface area contributed by atoms with Crippen LogP contribution in [0.3, 0.4) is 0 Å². The molecule has 1 aromatic rings. The Hall–Kier alpha value is -2.08. The molecule has 0 aromatic carbocycles. The first kappa shape index (κ1) is 17.3. The first-order valence-electron chi connectivity index (χ1n) is 6.12. The lowest BCUT2D eigenvalue weighted by molar-refractivity contribution is -0.187. The van der Waals surface area contributed by atoms with Crippen molar-refractivity contribution < 1.29 is 40.7 Å². The van der Waals surface area contributed by atoms with Gasteiger partial charge >= 0.3 is 12.1 Å². The highest BCUT2D eigenvalue weighted by atomic mass is 32.2. The van der Waals surface area contributed by atoms with Crippen molar-refractivity contribution in [2.75, 3.05) is 13.1 Å². The summed E-state index contributed by atoms with van der Waals surface area (Å²) in [7, 11) is -4.21. The lowest BCUT2D eigenvalue weighted by Crippen LogP contribution is -2.34. The standard InChI is InChI=1S/C11H11F3N2O6S/c12-11(13,14)6-4-16(3-5(6)10(18)19)9(17)7-1-2-8(22-7)23(15,20)21/h1-2,5-6H,3-4H2,(H,18,19)(H2,15,20,21)/t5-,6-/m1/s1. The predicted octanol–water partition coefficient (Wildman–Crippen LogP) is 0.262. The van der Waals surface area contributed by atoms with Crippen LogP contribution in [0.1, 0.15) is 10.6 Å². The largest absolute Gasteiger partial charge is 0.481 e. The second-order valence-electron chi connectivity index (χ2n) is 4.97. The van der Waals surface area contributed by atoms with Crippen LogP contribution in [0.2, 0.25) is 0 Å². The van der Waals surface area contributed by atoms with Crippen LogP contribution in [0.25, 0.3) is 0 Å². The number of nitrogens with zero attached hydrogens (tertiary/aromatic N) is 1. The van der Waals surface area contributed by atoms with Gasteiger partial charge in [-0.2, -0.15) is 13.2 Å². The lowest BCUT2D eigenvalue weighted by atomic mass is 9.96. The number of nitrogens with two attached hydrogens (primary N) is 1. The molecule has 0 radical (unpaired) electrons. The van der Waals surface area contributed by atoms with Crippen LogP contribution in [-0.4, -0.2) is 49.6 Å². The van der Waals surface area contributed by atoms with Crippen LogP contribution in [-0.2, 0) is 14.8 Å². The highest BCUT2D eigenvalue weighted by Crippen LogP contribution is 2.38. The smallest absolute Gasteiger partial charge is 0.394 e. The normalized spacial score (nSPS) is 22.3. The Morgan fingerprint density at radius 1 is 1.30 bits per heavy atom. The highest BCUT2D eigenvalue weighted by Gasteiger charge is 2.53. The summed E-state index contributed by atoms with van der Waals surface area (Å²) in [5.74, 6) is -7.27. The molecule has 0 unspecified atom stereocenters. The number of carbonyl (C=O) groups excluding carboxylic acids is 1. The van der Waals surface area contributed by atoms with Gasteiger partial charge in [0.2, 0.25) is 5.09 Å². The van der Waals surface area contributed by atoms with Gasteiger partial charge in [-0.3, -0.25) is 9.59 Å². The second-order valence-corrected chi connectivity index (χ2v) is 6.46. The summed E-state index contributed by atoms with van der Waals surface area (Å²) >= 11 is 0. The number of carboxylic acid groups (broad SMARTS) is 1. The second kappa shape index (κ2) is 5.53. The number of aliphatic carboxylic acids is 1. The number of alkyl halides is 3. The third kappa shape index (κ3) is 3.47. The van der Waals surface area contributed by atoms with Crippen molar-refractivity contribution in [1.29, 1.82) is 0 Å². The van der Waals surface area contributed by atoms with E-state index in [-0.39, 0.29) is 0 Å². The van der Waals surface area contributed by atoms with Gasteiger partial charge in [-0.25, -0.2) is 13.6 Å². The maximum Gasteiger partial charge on any atom is 0.394 e. The average molecular weight is 356 g/mol. The molecule has 1 amide bonds. The summed E-state index contributed by atoms with van der Waals surface area (Å²) in [6.07, 6.45) is -4.78. The van der Waals surface area contributed by atoms with Gasteiger partial charge in [0.05, 0.1) is 11.8 Å². The van der Waals surface area contributed by atoms with E-state index in [0.717, 1.165) is 12.1 Å². The van der Waals surface area contributed by atoms with Crippen molar-refractivity contribution in [1.82, 2.24) is 4.90 Å². The van der Waals surface area contributed by atoms with E-state index >= 15 is 0 Å². The van der Waals surface area contributed by atoms with E-state index in [1.165, 1.54) is 0 Å². The third-order valence-electron chi connectivity index (χ3n) is 3.42. The van der Waals surface area contributed by atoms with Crippen molar-refractivity contribution in [2.24, 2.45) is 17.0 Å². The number of carbonyl (C=O) groups is 2. The molecule has 3 N–H and O–H groups in total. The van der Waals surface area contributed by atoms with Crippen LogP contribution in [0.5, 0.6) is 0 Å². The summed E-state index contributed by atoms with van der Waals surface area (Å²) in [6.45, 7) is -1.52. The van der Waals surface area contributed by atoms with E-state index in [0.29, 0.717) is 4.90 Å². The zero-order valence-electron chi connectivity index (χ0n) is 11.3. The molecule has 1 aliphatic heterocycles. The number of halogens is 3. The van der Waals surface area contributed by atoms with Crippen LogP contribution in [0.4, 0.5) is 13.2 Å². The number of furan rings is 1. The minimum Gasteiger partial charge on any atom is -0.481 e. The number of rotatable bonds is 3.